The van der Waals surface area contributed by atoms with Crippen LogP contribution in [0.5, 0.6) is 0 Å². The van der Waals surface area contributed by atoms with Crippen molar-refractivity contribution in [1.82, 2.24) is 0 Å². The van der Waals surface area contributed by atoms with Crippen molar-refractivity contribution >= 4 is 52.2 Å². The molecule has 0 aliphatic rings. The van der Waals surface area contributed by atoms with Crippen LogP contribution in [0, 0.1) is 0 Å². The van der Waals surface area contributed by atoms with Gasteiger partial charge in [0.15, 0.2) is 5.11 Å². The maximum Gasteiger partial charge on any atom is 0.175 e. The Morgan fingerprint density at radius 3 is 1.46 bits per heavy atom. The average molecular weight is 377 g/mol. The first-order chi connectivity index (χ1) is 11.7. The molecule has 5 heteroatoms. The van der Waals surface area contributed by atoms with Crippen LogP contribution in [0.1, 0.15) is 26.7 Å². The summed E-state index contributed by atoms with van der Waals surface area (Å²) in [6.07, 6.45) is 2.38. The first-order valence-electron chi connectivity index (χ1n) is 8.25. The van der Waals surface area contributed by atoms with E-state index in [2.05, 4.69) is 73.0 Å². The van der Waals surface area contributed by atoms with Crippen molar-refractivity contribution in [3.05, 3.63) is 48.5 Å². The monoisotopic (exact) mass is 376 g/mol. The predicted octanol–water partition coefficient (Wildman–Crippen LogP) is 6.50. The van der Waals surface area contributed by atoms with Gasteiger partial charge in [0.05, 0.1) is 0 Å². The Kier molecular flexibility index (Phi) is 8.50. The fraction of sp³-hybridized carbons (Fsp3) is 0.316. The Balaban J connectivity index is 1.84. The lowest BCUT2D eigenvalue weighted by molar-refractivity contribution is 1.10. The SMILES string of the molecule is CCCSc1ccc(NC(=S)Nc2ccc(SCCC)cc2)cc1. The Hall–Kier alpha value is -1.17. The van der Waals surface area contributed by atoms with Gasteiger partial charge in [0.2, 0.25) is 0 Å². The van der Waals surface area contributed by atoms with Gasteiger partial charge in [-0.3, -0.25) is 0 Å². The molecule has 24 heavy (non-hydrogen) atoms. The third-order valence-corrected chi connectivity index (χ3v) is 5.81. The Bertz CT molecular complexity index is 569. The molecule has 2 aromatic carbocycles. The van der Waals surface area contributed by atoms with Gasteiger partial charge in [-0.15, -0.1) is 23.5 Å². The van der Waals surface area contributed by atoms with Gasteiger partial charge in [-0.1, -0.05) is 13.8 Å². The molecule has 0 amide bonds. The number of anilines is 2. The third kappa shape index (κ3) is 6.75. The van der Waals surface area contributed by atoms with Gasteiger partial charge in [-0.2, -0.15) is 0 Å². The summed E-state index contributed by atoms with van der Waals surface area (Å²) in [5.74, 6) is 2.30. The van der Waals surface area contributed by atoms with E-state index in [1.165, 1.54) is 22.6 Å². The summed E-state index contributed by atoms with van der Waals surface area (Å²) in [6, 6.07) is 16.8. The summed E-state index contributed by atoms with van der Waals surface area (Å²) < 4.78 is 0. The van der Waals surface area contributed by atoms with Crippen molar-refractivity contribution in [3.63, 3.8) is 0 Å². The van der Waals surface area contributed by atoms with Crippen molar-refractivity contribution in [3.8, 4) is 0 Å². The lowest BCUT2D eigenvalue weighted by Gasteiger charge is -2.11. The molecule has 0 bridgehead atoms. The highest BCUT2D eigenvalue weighted by atomic mass is 32.2. The summed E-state index contributed by atoms with van der Waals surface area (Å²) in [5, 5.41) is 7.07. The average Bonchev–Trinajstić information content (AvgIpc) is 2.60. The van der Waals surface area contributed by atoms with Gasteiger partial charge in [0.1, 0.15) is 0 Å². The first-order valence-corrected chi connectivity index (χ1v) is 10.6. The molecule has 0 unspecified atom stereocenters. The molecule has 0 spiro atoms. The van der Waals surface area contributed by atoms with Crippen LogP contribution in [0.4, 0.5) is 11.4 Å². The number of hydrogen-bond acceptors (Lipinski definition) is 3. The molecule has 0 radical (unpaired) electrons. The summed E-state index contributed by atoms with van der Waals surface area (Å²) in [7, 11) is 0. The van der Waals surface area contributed by atoms with Crippen LogP contribution in [0.2, 0.25) is 0 Å². The molecule has 0 aromatic heterocycles. The predicted molar refractivity (Wildman–Crippen MR) is 115 cm³/mol. The summed E-state index contributed by atoms with van der Waals surface area (Å²) >= 11 is 9.15. The van der Waals surface area contributed by atoms with Crippen LogP contribution >= 0.6 is 35.7 Å². The largest absolute Gasteiger partial charge is 0.332 e. The van der Waals surface area contributed by atoms with Gasteiger partial charge in [0.25, 0.3) is 0 Å². The van der Waals surface area contributed by atoms with Crippen LogP contribution < -0.4 is 10.6 Å². The van der Waals surface area contributed by atoms with E-state index in [0.29, 0.717) is 5.11 Å². The molecular weight excluding hydrogens is 352 g/mol. The molecule has 0 aliphatic heterocycles. The van der Waals surface area contributed by atoms with E-state index in [-0.39, 0.29) is 0 Å². The van der Waals surface area contributed by atoms with E-state index >= 15 is 0 Å². The topological polar surface area (TPSA) is 24.1 Å². The third-order valence-electron chi connectivity index (χ3n) is 3.17. The molecule has 2 nitrogen and oxygen atoms in total. The molecule has 2 aromatic rings. The lowest BCUT2D eigenvalue weighted by atomic mass is 10.3. The highest BCUT2D eigenvalue weighted by molar-refractivity contribution is 7.99. The molecule has 2 N–H and O–H groups in total. The second-order valence-electron chi connectivity index (χ2n) is 5.32. The van der Waals surface area contributed by atoms with E-state index in [9.17, 15) is 0 Å². The van der Waals surface area contributed by atoms with Crippen molar-refractivity contribution < 1.29 is 0 Å². The first kappa shape index (κ1) is 19.2. The van der Waals surface area contributed by atoms with Gasteiger partial charge in [-0.05, 0) is 85.1 Å². The minimum Gasteiger partial charge on any atom is -0.332 e. The van der Waals surface area contributed by atoms with Gasteiger partial charge in [-0.25, -0.2) is 0 Å². The molecule has 0 saturated heterocycles. The maximum absolute atomic E-state index is 5.39. The molecule has 0 aliphatic carbocycles. The second-order valence-corrected chi connectivity index (χ2v) is 8.07. The lowest BCUT2D eigenvalue weighted by Crippen LogP contribution is -2.18. The Morgan fingerprint density at radius 1 is 0.750 bits per heavy atom. The van der Waals surface area contributed by atoms with E-state index in [4.69, 9.17) is 12.2 Å². The summed E-state index contributed by atoms with van der Waals surface area (Å²) in [6.45, 7) is 4.39. The highest BCUT2D eigenvalue weighted by Crippen LogP contribution is 2.22. The molecule has 0 heterocycles. The molecule has 128 valence electrons. The highest BCUT2D eigenvalue weighted by Gasteiger charge is 2.01. The number of benzene rings is 2. The van der Waals surface area contributed by atoms with Crippen LogP contribution in [-0.2, 0) is 0 Å². The number of thiocarbonyl (C=S) groups is 1. The van der Waals surface area contributed by atoms with E-state index in [1.54, 1.807) is 0 Å². The zero-order valence-corrected chi connectivity index (χ0v) is 16.6. The quantitative estimate of drug-likeness (QED) is 0.404. The van der Waals surface area contributed by atoms with Crippen LogP contribution in [0.3, 0.4) is 0 Å². The fourth-order valence-corrected chi connectivity index (χ4v) is 3.77. The number of rotatable bonds is 8. The zero-order chi connectivity index (χ0) is 17.2. The van der Waals surface area contributed by atoms with Crippen molar-refractivity contribution in [2.75, 3.05) is 22.1 Å². The Labute approximate surface area is 159 Å². The van der Waals surface area contributed by atoms with Crippen LogP contribution in [0.15, 0.2) is 58.3 Å². The van der Waals surface area contributed by atoms with Crippen molar-refractivity contribution in [2.24, 2.45) is 0 Å². The fourth-order valence-electron chi connectivity index (χ4n) is 2.00. The molecule has 0 saturated carbocycles. The zero-order valence-electron chi connectivity index (χ0n) is 14.2. The molecule has 2 rings (SSSR count). The molecular formula is C19H24N2S3. The van der Waals surface area contributed by atoms with Gasteiger partial charge < -0.3 is 10.6 Å². The molecule has 0 fully saturated rings. The van der Waals surface area contributed by atoms with Crippen LogP contribution in [0.25, 0.3) is 0 Å². The summed E-state index contributed by atoms with van der Waals surface area (Å²) in [4.78, 5) is 2.59. The number of nitrogens with one attached hydrogen (secondary N) is 2. The van der Waals surface area contributed by atoms with E-state index < -0.39 is 0 Å². The Morgan fingerprint density at radius 2 is 1.12 bits per heavy atom. The van der Waals surface area contributed by atoms with Gasteiger partial charge >= 0.3 is 0 Å². The van der Waals surface area contributed by atoms with Crippen molar-refractivity contribution in [2.45, 2.75) is 36.5 Å². The second kappa shape index (κ2) is 10.6. The normalized spacial score (nSPS) is 10.4. The maximum atomic E-state index is 5.39. The van der Waals surface area contributed by atoms with E-state index in [0.717, 1.165) is 22.9 Å². The molecule has 0 atom stereocenters. The number of hydrogen-bond donors (Lipinski definition) is 2. The minimum absolute atomic E-state index is 0.609. The van der Waals surface area contributed by atoms with Crippen molar-refractivity contribution in [1.29, 1.82) is 0 Å². The summed E-state index contributed by atoms with van der Waals surface area (Å²) in [5.41, 5.74) is 2.01. The minimum atomic E-state index is 0.609. The van der Waals surface area contributed by atoms with Crippen LogP contribution in [-0.4, -0.2) is 16.6 Å². The van der Waals surface area contributed by atoms with E-state index in [1.807, 2.05) is 23.5 Å². The number of thioether (sulfide) groups is 2. The standard InChI is InChI=1S/C19H24N2S3/c1-3-13-23-17-9-5-15(6-10-17)20-19(22)21-16-7-11-18(12-8-16)24-14-4-2/h5-12H,3-4,13-14H2,1-2H3,(H2,20,21,22). The smallest absolute Gasteiger partial charge is 0.175 e. The van der Waals surface area contributed by atoms with Gasteiger partial charge in [0, 0.05) is 21.2 Å².